The van der Waals surface area contributed by atoms with E-state index in [1.165, 1.54) is 4.90 Å². The molecule has 0 spiro atoms. The molecule has 1 N–H and O–H groups in total. The number of hydrogen-bond donors (Lipinski definition) is 1. The van der Waals surface area contributed by atoms with Crippen molar-refractivity contribution in [3.8, 4) is 5.75 Å². The molecule has 0 bridgehead atoms. The lowest BCUT2D eigenvalue weighted by atomic mass is 10.0. The number of halogens is 1. The number of rotatable bonds is 13. The van der Waals surface area contributed by atoms with Crippen LogP contribution >= 0.6 is 22.6 Å². The second kappa shape index (κ2) is 14.5. The van der Waals surface area contributed by atoms with Gasteiger partial charge < -0.3 is 15.0 Å². The summed E-state index contributed by atoms with van der Waals surface area (Å²) in [7, 11) is -2.25. The predicted molar refractivity (Wildman–Crippen MR) is 167 cm³/mol. The maximum atomic E-state index is 14.1. The number of carbonyl (C=O) groups excluding carboxylic acids is 2. The summed E-state index contributed by atoms with van der Waals surface area (Å²) in [6.07, 6.45) is 2.06. The first-order chi connectivity index (χ1) is 19.0. The van der Waals surface area contributed by atoms with Gasteiger partial charge in [-0.25, -0.2) is 8.42 Å². The molecule has 40 heavy (non-hydrogen) atoms. The number of amides is 2. The Labute approximate surface area is 250 Å². The van der Waals surface area contributed by atoms with Crippen LogP contribution in [0.2, 0.25) is 0 Å². The van der Waals surface area contributed by atoms with Gasteiger partial charge in [-0.15, -0.1) is 0 Å². The molecule has 2 amide bonds. The fourth-order valence-corrected chi connectivity index (χ4v) is 5.39. The molecule has 0 saturated heterocycles. The molecule has 2 atom stereocenters. The molecular formula is C30H36IN3O5S. The molecule has 3 aromatic rings. The van der Waals surface area contributed by atoms with Crippen LogP contribution < -0.4 is 14.4 Å². The molecule has 0 aromatic heterocycles. The van der Waals surface area contributed by atoms with E-state index in [1.807, 2.05) is 56.3 Å². The van der Waals surface area contributed by atoms with Gasteiger partial charge in [0.05, 0.1) is 19.1 Å². The third-order valence-electron chi connectivity index (χ3n) is 6.55. The van der Waals surface area contributed by atoms with Crippen LogP contribution in [0.5, 0.6) is 5.75 Å². The van der Waals surface area contributed by atoms with Gasteiger partial charge in [-0.1, -0.05) is 49.4 Å². The Hall–Kier alpha value is -3.12. The highest BCUT2D eigenvalue weighted by atomic mass is 127. The monoisotopic (exact) mass is 677 g/mol. The summed E-state index contributed by atoms with van der Waals surface area (Å²) in [4.78, 5) is 29.3. The third-order valence-corrected chi connectivity index (χ3v) is 8.41. The van der Waals surface area contributed by atoms with Gasteiger partial charge in [0.1, 0.15) is 18.3 Å². The second-order valence-corrected chi connectivity index (χ2v) is 12.8. The summed E-state index contributed by atoms with van der Waals surface area (Å²) in [6, 6.07) is 22.7. The molecule has 3 rings (SSSR count). The van der Waals surface area contributed by atoms with Crippen molar-refractivity contribution in [2.45, 2.75) is 45.3 Å². The minimum Gasteiger partial charge on any atom is -0.497 e. The number of carbonyl (C=O) groups is 2. The highest BCUT2D eigenvalue weighted by Crippen LogP contribution is 2.22. The average molecular weight is 678 g/mol. The van der Waals surface area contributed by atoms with Crippen molar-refractivity contribution in [1.82, 2.24) is 10.2 Å². The number of benzene rings is 3. The number of nitrogens with one attached hydrogen (secondary N) is 1. The smallest absolute Gasteiger partial charge is 0.244 e. The lowest BCUT2D eigenvalue weighted by Gasteiger charge is -2.34. The Morgan fingerprint density at radius 2 is 1.62 bits per heavy atom. The molecule has 0 aliphatic rings. The van der Waals surface area contributed by atoms with E-state index < -0.39 is 28.5 Å². The molecule has 0 aliphatic heterocycles. The first-order valence-corrected chi connectivity index (χ1v) is 15.9. The standard InChI is InChI=1S/C30H36IN3O5S/c1-5-22(2)32-30(36)28(19-23-10-7-6-8-11-23)33(20-24-12-9-13-27(18-24)39-3)29(35)21-34(40(4,37)38)26-16-14-25(31)15-17-26/h6-18,22,28H,5,19-21H2,1-4H3,(H,32,36)/t22-,28+/m0/s1. The van der Waals surface area contributed by atoms with Crippen LogP contribution in [-0.2, 0) is 32.6 Å². The van der Waals surface area contributed by atoms with Crippen LogP contribution in [-0.4, -0.2) is 57.1 Å². The van der Waals surface area contributed by atoms with Crippen LogP contribution in [0.1, 0.15) is 31.4 Å². The number of ether oxygens (including phenoxy) is 1. The van der Waals surface area contributed by atoms with E-state index >= 15 is 0 Å². The SMILES string of the molecule is CC[C@H](C)NC(=O)[C@@H](Cc1ccccc1)N(Cc1cccc(OC)c1)C(=O)CN(c1ccc(I)cc1)S(C)(=O)=O. The van der Waals surface area contributed by atoms with E-state index in [-0.39, 0.29) is 24.9 Å². The summed E-state index contributed by atoms with van der Waals surface area (Å²) in [6.45, 7) is 3.52. The first kappa shape index (κ1) is 31.4. The number of sulfonamides is 1. The van der Waals surface area contributed by atoms with E-state index in [9.17, 15) is 18.0 Å². The van der Waals surface area contributed by atoms with Gasteiger partial charge in [-0.3, -0.25) is 13.9 Å². The van der Waals surface area contributed by atoms with Crippen LogP contribution in [0.4, 0.5) is 5.69 Å². The molecule has 0 aliphatic carbocycles. The summed E-state index contributed by atoms with van der Waals surface area (Å²) < 4.78 is 33.1. The van der Waals surface area contributed by atoms with Crippen molar-refractivity contribution < 1.29 is 22.7 Å². The predicted octanol–water partition coefficient (Wildman–Crippen LogP) is 4.62. The minimum atomic E-state index is -3.81. The van der Waals surface area contributed by atoms with Crippen molar-refractivity contribution in [2.75, 3.05) is 24.2 Å². The van der Waals surface area contributed by atoms with Crippen molar-refractivity contribution >= 4 is 50.1 Å². The highest BCUT2D eigenvalue weighted by Gasteiger charge is 2.33. The maximum Gasteiger partial charge on any atom is 0.244 e. The van der Waals surface area contributed by atoms with E-state index in [0.717, 1.165) is 31.7 Å². The minimum absolute atomic E-state index is 0.0890. The summed E-state index contributed by atoms with van der Waals surface area (Å²) in [5.74, 6) is -0.174. The fraction of sp³-hybridized carbons (Fsp3) is 0.333. The van der Waals surface area contributed by atoms with Crippen LogP contribution in [0.15, 0.2) is 78.9 Å². The lowest BCUT2D eigenvalue weighted by Crippen LogP contribution is -2.54. The van der Waals surface area contributed by atoms with Crippen molar-refractivity contribution in [2.24, 2.45) is 0 Å². The molecule has 10 heteroatoms. The van der Waals surface area contributed by atoms with Gasteiger partial charge in [0.15, 0.2) is 0 Å². The Morgan fingerprint density at radius 3 is 2.23 bits per heavy atom. The Bertz CT molecular complexity index is 1380. The number of anilines is 1. The lowest BCUT2D eigenvalue weighted by molar-refractivity contribution is -0.140. The maximum absolute atomic E-state index is 14.1. The van der Waals surface area contributed by atoms with Crippen LogP contribution in [0.3, 0.4) is 0 Å². The van der Waals surface area contributed by atoms with Gasteiger partial charge in [0.2, 0.25) is 21.8 Å². The topological polar surface area (TPSA) is 96.0 Å². The van der Waals surface area contributed by atoms with Crippen LogP contribution in [0, 0.1) is 3.57 Å². The Kier molecular flexibility index (Phi) is 11.4. The largest absolute Gasteiger partial charge is 0.497 e. The molecule has 214 valence electrons. The zero-order chi connectivity index (χ0) is 29.3. The van der Waals surface area contributed by atoms with E-state index in [2.05, 4.69) is 27.9 Å². The zero-order valence-corrected chi connectivity index (χ0v) is 26.2. The number of hydrogen-bond acceptors (Lipinski definition) is 5. The molecule has 0 unspecified atom stereocenters. The highest BCUT2D eigenvalue weighted by molar-refractivity contribution is 14.1. The fourth-order valence-electron chi connectivity index (χ4n) is 4.18. The molecule has 0 fully saturated rings. The normalized spacial score (nSPS) is 12.7. The summed E-state index contributed by atoms with van der Waals surface area (Å²) >= 11 is 2.14. The van der Waals surface area contributed by atoms with Crippen molar-refractivity contribution in [3.05, 3.63) is 93.6 Å². The molecule has 0 heterocycles. The Morgan fingerprint density at radius 1 is 0.975 bits per heavy atom. The van der Waals surface area contributed by atoms with Crippen LogP contribution in [0.25, 0.3) is 0 Å². The molecule has 0 radical (unpaired) electrons. The first-order valence-electron chi connectivity index (χ1n) is 13.0. The third kappa shape index (κ3) is 8.95. The van der Waals surface area contributed by atoms with Crippen molar-refractivity contribution in [1.29, 1.82) is 0 Å². The van der Waals surface area contributed by atoms with Gasteiger partial charge in [0.25, 0.3) is 0 Å². The number of nitrogens with zero attached hydrogens (tertiary/aromatic N) is 2. The van der Waals surface area contributed by atoms with Gasteiger partial charge >= 0.3 is 0 Å². The van der Waals surface area contributed by atoms with Gasteiger partial charge in [-0.2, -0.15) is 0 Å². The molecule has 3 aromatic carbocycles. The van der Waals surface area contributed by atoms with E-state index in [0.29, 0.717) is 11.4 Å². The summed E-state index contributed by atoms with van der Waals surface area (Å²) in [5.41, 5.74) is 2.01. The molecular weight excluding hydrogens is 641 g/mol. The second-order valence-electron chi connectivity index (χ2n) is 9.64. The van der Waals surface area contributed by atoms with E-state index in [4.69, 9.17) is 4.74 Å². The Balaban J connectivity index is 2.06. The number of methoxy groups -OCH3 is 1. The zero-order valence-electron chi connectivity index (χ0n) is 23.2. The molecule has 0 saturated carbocycles. The average Bonchev–Trinajstić information content (AvgIpc) is 2.94. The van der Waals surface area contributed by atoms with Crippen molar-refractivity contribution in [3.63, 3.8) is 0 Å². The van der Waals surface area contributed by atoms with E-state index in [1.54, 1.807) is 43.5 Å². The quantitative estimate of drug-likeness (QED) is 0.267. The van der Waals surface area contributed by atoms with Gasteiger partial charge in [0, 0.05) is 22.6 Å². The molecule has 8 nitrogen and oxygen atoms in total. The van der Waals surface area contributed by atoms with Gasteiger partial charge in [-0.05, 0) is 83.5 Å². The summed E-state index contributed by atoms with van der Waals surface area (Å²) in [5, 5.41) is 3.02.